The molecule has 1 saturated heterocycles. The first-order chi connectivity index (χ1) is 11.0. The summed E-state index contributed by atoms with van der Waals surface area (Å²) in [6.07, 6.45) is 4.02. The average molecular weight is 313 g/mol. The van der Waals surface area contributed by atoms with Crippen LogP contribution in [0.2, 0.25) is 0 Å². The minimum Gasteiger partial charge on any atom is -0.348 e. The van der Waals surface area contributed by atoms with E-state index in [-0.39, 0.29) is 17.4 Å². The van der Waals surface area contributed by atoms with Crippen molar-refractivity contribution in [3.05, 3.63) is 52.2 Å². The summed E-state index contributed by atoms with van der Waals surface area (Å²) in [5, 5.41) is 0. The molecule has 1 fully saturated rings. The van der Waals surface area contributed by atoms with Crippen LogP contribution in [0, 0.1) is 0 Å². The molecule has 1 atom stereocenters. The van der Waals surface area contributed by atoms with Crippen molar-refractivity contribution >= 4 is 11.9 Å². The molecule has 0 bridgehead atoms. The Labute approximate surface area is 134 Å². The van der Waals surface area contributed by atoms with Crippen molar-refractivity contribution in [2.45, 2.75) is 12.3 Å². The standard InChI is InChI=1S/C16H19N5O2/c1-20(2)16-18-13(8-14(22)19-16)12-5-7-21(10-12)15(23)11-4-3-6-17-9-11/h3-4,6,8-9,12H,5,7,10H2,1-2H3,(H,18,19,22). The number of likely N-dealkylation sites (tertiary alicyclic amines) is 1. The van der Waals surface area contributed by atoms with Crippen LogP contribution in [0.15, 0.2) is 35.4 Å². The van der Waals surface area contributed by atoms with Crippen LogP contribution in [0.1, 0.15) is 28.4 Å². The Morgan fingerprint density at radius 1 is 1.43 bits per heavy atom. The molecule has 1 aliphatic rings. The molecule has 1 aliphatic heterocycles. The lowest BCUT2D eigenvalue weighted by Crippen LogP contribution is -2.29. The zero-order valence-electron chi connectivity index (χ0n) is 13.2. The highest BCUT2D eigenvalue weighted by molar-refractivity contribution is 5.94. The van der Waals surface area contributed by atoms with Gasteiger partial charge in [-0.1, -0.05) is 0 Å². The molecule has 23 heavy (non-hydrogen) atoms. The highest BCUT2D eigenvalue weighted by atomic mass is 16.2. The number of aromatic amines is 1. The molecule has 7 nitrogen and oxygen atoms in total. The molecule has 0 radical (unpaired) electrons. The summed E-state index contributed by atoms with van der Waals surface area (Å²) in [6, 6.07) is 5.04. The predicted octanol–water partition coefficient (Wildman–Crippen LogP) is 0.861. The largest absolute Gasteiger partial charge is 0.348 e. The number of rotatable bonds is 3. The van der Waals surface area contributed by atoms with E-state index in [2.05, 4.69) is 15.0 Å². The number of aromatic nitrogens is 3. The van der Waals surface area contributed by atoms with Crippen LogP contribution in [0.4, 0.5) is 5.95 Å². The van der Waals surface area contributed by atoms with E-state index in [0.717, 1.165) is 12.1 Å². The maximum Gasteiger partial charge on any atom is 0.255 e. The summed E-state index contributed by atoms with van der Waals surface area (Å²) in [5.74, 6) is 0.583. The zero-order valence-corrected chi connectivity index (χ0v) is 13.2. The highest BCUT2D eigenvalue weighted by Crippen LogP contribution is 2.26. The normalized spacial score (nSPS) is 17.3. The van der Waals surface area contributed by atoms with Gasteiger partial charge in [0.15, 0.2) is 0 Å². The molecule has 0 saturated carbocycles. The first-order valence-corrected chi connectivity index (χ1v) is 7.52. The number of nitrogens with one attached hydrogen (secondary N) is 1. The number of hydrogen-bond donors (Lipinski definition) is 1. The van der Waals surface area contributed by atoms with Crippen molar-refractivity contribution < 1.29 is 4.79 Å². The third kappa shape index (κ3) is 3.23. The second kappa shape index (κ2) is 6.20. The van der Waals surface area contributed by atoms with E-state index < -0.39 is 0 Å². The van der Waals surface area contributed by atoms with E-state index in [0.29, 0.717) is 24.6 Å². The van der Waals surface area contributed by atoms with Gasteiger partial charge < -0.3 is 9.80 Å². The lowest BCUT2D eigenvalue weighted by Gasteiger charge is -2.17. The van der Waals surface area contributed by atoms with Crippen molar-refractivity contribution in [2.24, 2.45) is 0 Å². The SMILES string of the molecule is CN(C)c1nc(C2CCN(C(=O)c3cccnc3)C2)cc(=O)[nH]1. The molecule has 2 aromatic heterocycles. The Morgan fingerprint density at radius 2 is 2.26 bits per heavy atom. The van der Waals surface area contributed by atoms with Crippen LogP contribution in [0.5, 0.6) is 0 Å². The average Bonchev–Trinajstić information content (AvgIpc) is 3.04. The van der Waals surface area contributed by atoms with Gasteiger partial charge >= 0.3 is 0 Å². The summed E-state index contributed by atoms with van der Waals surface area (Å²) in [7, 11) is 3.66. The van der Waals surface area contributed by atoms with E-state index in [1.807, 2.05) is 14.1 Å². The van der Waals surface area contributed by atoms with E-state index in [1.165, 1.54) is 6.07 Å². The van der Waals surface area contributed by atoms with Crippen molar-refractivity contribution in [3.63, 3.8) is 0 Å². The maximum atomic E-state index is 12.5. The molecule has 0 spiro atoms. The third-order valence-corrected chi connectivity index (χ3v) is 3.97. The predicted molar refractivity (Wildman–Crippen MR) is 86.7 cm³/mol. The minimum atomic E-state index is -0.171. The van der Waals surface area contributed by atoms with Crippen LogP contribution in [-0.4, -0.2) is 52.9 Å². The molecule has 3 rings (SSSR count). The summed E-state index contributed by atoms with van der Waals surface area (Å²) >= 11 is 0. The first-order valence-electron chi connectivity index (χ1n) is 7.52. The molecule has 120 valence electrons. The molecule has 1 unspecified atom stereocenters. The van der Waals surface area contributed by atoms with Gasteiger partial charge in [-0.25, -0.2) is 4.98 Å². The van der Waals surface area contributed by atoms with Crippen molar-refractivity contribution in [2.75, 3.05) is 32.1 Å². The van der Waals surface area contributed by atoms with Crippen molar-refractivity contribution in [1.29, 1.82) is 0 Å². The molecular weight excluding hydrogens is 294 g/mol. The maximum absolute atomic E-state index is 12.5. The Bertz CT molecular complexity index is 757. The van der Waals surface area contributed by atoms with Gasteiger partial charge in [-0.2, -0.15) is 0 Å². The Morgan fingerprint density at radius 3 is 2.96 bits per heavy atom. The Kier molecular flexibility index (Phi) is 4.10. The Balaban J connectivity index is 1.78. The molecular formula is C16H19N5O2. The number of carbonyl (C=O) groups excluding carboxylic acids is 1. The van der Waals surface area contributed by atoms with Gasteiger partial charge in [-0.05, 0) is 18.6 Å². The number of nitrogens with zero attached hydrogens (tertiary/aromatic N) is 4. The number of amides is 1. The third-order valence-electron chi connectivity index (χ3n) is 3.97. The van der Waals surface area contributed by atoms with Gasteiger partial charge in [-0.15, -0.1) is 0 Å². The fourth-order valence-electron chi connectivity index (χ4n) is 2.74. The fourth-order valence-corrected chi connectivity index (χ4v) is 2.74. The molecule has 0 aliphatic carbocycles. The molecule has 2 aromatic rings. The van der Waals surface area contributed by atoms with Crippen molar-refractivity contribution in [1.82, 2.24) is 19.9 Å². The summed E-state index contributed by atoms with van der Waals surface area (Å²) in [4.78, 5) is 39.0. The second-order valence-electron chi connectivity index (χ2n) is 5.87. The summed E-state index contributed by atoms with van der Waals surface area (Å²) in [6.45, 7) is 1.22. The fraction of sp³-hybridized carbons (Fsp3) is 0.375. The topological polar surface area (TPSA) is 82.2 Å². The van der Waals surface area contributed by atoms with Gasteiger partial charge in [0, 0.05) is 51.6 Å². The van der Waals surface area contributed by atoms with Crippen LogP contribution < -0.4 is 10.5 Å². The molecule has 3 heterocycles. The lowest BCUT2D eigenvalue weighted by atomic mass is 10.1. The molecule has 7 heteroatoms. The zero-order chi connectivity index (χ0) is 16.4. The highest BCUT2D eigenvalue weighted by Gasteiger charge is 2.29. The van der Waals surface area contributed by atoms with Gasteiger partial charge in [0.05, 0.1) is 11.3 Å². The monoisotopic (exact) mass is 313 g/mol. The number of hydrogen-bond acceptors (Lipinski definition) is 5. The van der Waals surface area contributed by atoms with Crippen LogP contribution in [-0.2, 0) is 0 Å². The van der Waals surface area contributed by atoms with E-state index in [4.69, 9.17) is 0 Å². The van der Waals surface area contributed by atoms with Crippen LogP contribution in [0.25, 0.3) is 0 Å². The molecule has 1 N–H and O–H groups in total. The number of carbonyl (C=O) groups is 1. The smallest absolute Gasteiger partial charge is 0.255 e. The van der Waals surface area contributed by atoms with Gasteiger partial charge in [-0.3, -0.25) is 19.6 Å². The molecule has 0 aromatic carbocycles. The first kappa shape index (κ1) is 15.2. The van der Waals surface area contributed by atoms with Gasteiger partial charge in [0.25, 0.3) is 11.5 Å². The van der Waals surface area contributed by atoms with E-state index in [1.54, 1.807) is 34.3 Å². The van der Waals surface area contributed by atoms with Gasteiger partial charge in [0.2, 0.25) is 5.95 Å². The van der Waals surface area contributed by atoms with Crippen LogP contribution >= 0.6 is 0 Å². The van der Waals surface area contributed by atoms with Gasteiger partial charge in [0.1, 0.15) is 0 Å². The minimum absolute atomic E-state index is 0.0294. The van der Waals surface area contributed by atoms with Crippen molar-refractivity contribution in [3.8, 4) is 0 Å². The number of pyridine rings is 1. The summed E-state index contributed by atoms with van der Waals surface area (Å²) < 4.78 is 0. The lowest BCUT2D eigenvalue weighted by molar-refractivity contribution is 0.0790. The Hall–Kier alpha value is -2.70. The second-order valence-corrected chi connectivity index (χ2v) is 5.87. The van der Waals surface area contributed by atoms with E-state index >= 15 is 0 Å². The van der Waals surface area contributed by atoms with E-state index in [9.17, 15) is 9.59 Å². The number of H-pyrrole nitrogens is 1. The molecule has 1 amide bonds. The van der Waals surface area contributed by atoms with Crippen LogP contribution in [0.3, 0.4) is 0 Å². The summed E-state index contributed by atoms with van der Waals surface area (Å²) in [5.41, 5.74) is 1.15. The quantitative estimate of drug-likeness (QED) is 0.909. The number of anilines is 1.